The minimum Gasteiger partial charge on any atom is -0.497 e. The lowest BCUT2D eigenvalue weighted by molar-refractivity contribution is 0.0738. The van der Waals surface area contributed by atoms with Crippen LogP contribution in [-0.2, 0) is 4.74 Å². The van der Waals surface area contributed by atoms with Gasteiger partial charge in [0, 0.05) is 24.9 Å². The van der Waals surface area contributed by atoms with Crippen molar-refractivity contribution in [3.05, 3.63) is 42.1 Å². The molecule has 22 heavy (non-hydrogen) atoms. The molecule has 2 aliphatic rings. The van der Waals surface area contributed by atoms with Crippen LogP contribution in [0.5, 0.6) is 0 Å². The second-order valence-electron chi connectivity index (χ2n) is 5.44. The van der Waals surface area contributed by atoms with Crippen molar-refractivity contribution in [3.8, 4) is 0 Å². The van der Waals surface area contributed by atoms with Crippen molar-refractivity contribution >= 4 is 5.78 Å². The first kappa shape index (κ1) is 14.8. The van der Waals surface area contributed by atoms with E-state index in [0.29, 0.717) is 12.2 Å². The van der Waals surface area contributed by atoms with Gasteiger partial charge in [-0.2, -0.15) is 0 Å². The molecule has 0 radical (unpaired) electrons. The monoisotopic (exact) mass is 304 g/mol. The molecule has 7 nitrogen and oxygen atoms in total. The molecule has 7 heteroatoms. The van der Waals surface area contributed by atoms with Gasteiger partial charge in [-0.05, 0) is 25.1 Å². The molecule has 1 aromatic heterocycles. The fourth-order valence-corrected chi connectivity index (χ4v) is 3.04. The van der Waals surface area contributed by atoms with Gasteiger partial charge in [0.05, 0.1) is 19.2 Å². The largest absolute Gasteiger partial charge is 0.497 e. The van der Waals surface area contributed by atoms with Crippen molar-refractivity contribution in [1.82, 2.24) is 15.4 Å². The Labute approximate surface area is 128 Å². The number of methoxy groups -OCH3 is 1. The van der Waals surface area contributed by atoms with Crippen LogP contribution in [0.15, 0.2) is 41.0 Å². The number of aromatic nitrogens is 1. The van der Waals surface area contributed by atoms with Gasteiger partial charge in [-0.1, -0.05) is 5.16 Å². The molecule has 2 aliphatic heterocycles. The van der Waals surface area contributed by atoms with Crippen molar-refractivity contribution in [2.24, 2.45) is 11.7 Å². The lowest BCUT2D eigenvalue weighted by atomic mass is 9.86. The van der Waals surface area contributed by atoms with Crippen LogP contribution in [0.4, 0.5) is 0 Å². The Morgan fingerprint density at radius 1 is 1.59 bits per heavy atom. The molecule has 3 unspecified atom stereocenters. The number of nitrogens with zero attached hydrogens (tertiary/aromatic N) is 2. The van der Waals surface area contributed by atoms with Crippen LogP contribution in [0.1, 0.15) is 16.9 Å². The topological polar surface area (TPSA) is 93.6 Å². The minimum atomic E-state index is -0.310. The van der Waals surface area contributed by atoms with Crippen LogP contribution in [0.25, 0.3) is 0 Å². The molecule has 0 bridgehead atoms. The van der Waals surface area contributed by atoms with Gasteiger partial charge in [0.15, 0.2) is 5.78 Å². The normalized spacial score (nSPS) is 28.4. The summed E-state index contributed by atoms with van der Waals surface area (Å²) in [7, 11) is 1.61. The van der Waals surface area contributed by atoms with Crippen LogP contribution < -0.4 is 11.1 Å². The molecule has 1 aromatic rings. The fourth-order valence-electron chi connectivity index (χ4n) is 3.04. The second-order valence-corrected chi connectivity index (χ2v) is 5.44. The first-order chi connectivity index (χ1) is 10.7. The van der Waals surface area contributed by atoms with Gasteiger partial charge in [-0.25, -0.2) is 0 Å². The van der Waals surface area contributed by atoms with Gasteiger partial charge in [0.1, 0.15) is 17.7 Å². The summed E-state index contributed by atoms with van der Waals surface area (Å²) in [6, 6.07) is 1.62. The number of nitrogens with one attached hydrogen (secondary N) is 1. The summed E-state index contributed by atoms with van der Waals surface area (Å²) in [5.74, 6) is 0.497. The van der Waals surface area contributed by atoms with Crippen LogP contribution in [0.3, 0.4) is 0 Å². The van der Waals surface area contributed by atoms with Gasteiger partial charge in [0.25, 0.3) is 0 Å². The smallest absolute Gasteiger partial charge is 0.191 e. The number of ether oxygens (including phenoxy) is 1. The maximum absolute atomic E-state index is 12.6. The molecule has 0 aromatic carbocycles. The molecule has 0 amide bonds. The van der Waals surface area contributed by atoms with Gasteiger partial charge >= 0.3 is 0 Å². The number of Topliss-reactive ketones (excluding diaryl/α,β-unsaturated/α-hetero) is 1. The number of allylic oxidation sites excluding steroid dienone is 1. The van der Waals surface area contributed by atoms with Crippen molar-refractivity contribution in [1.29, 1.82) is 0 Å². The van der Waals surface area contributed by atoms with Crippen molar-refractivity contribution in [2.75, 3.05) is 20.2 Å². The average molecular weight is 304 g/mol. The number of carbonyl (C=O) groups is 1. The molecule has 1 saturated heterocycles. The summed E-state index contributed by atoms with van der Waals surface area (Å²) in [6.45, 7) is 1.46. The maximum atomic E-state index is 12.6. The Kier molecular flexibility index (Phi) is 4.26. The van der Waals surface area contributed by atoms with Gasteiger partial charge in [-0.3, -0.25) is 4.79 Å². The van der Waals surface area contributed by atoms with Crippen molar-refractivity contribution < 1.29 is 14.1 Å². The molecular formula is C15H20N4O3. The van der Waals surface area contributed by atoms with Crippen LogP contribution >= 0.6 is 0 Å². The third-order valence-corrected chi connectivity index (χ3v) is 4.18. The van der Waals surface area contributed by atoms with Crippen LogP contribution in [-0.4, -0.2) is 48.2 Å². The third-order valence-electron chi connectivity index (χ3n) is 4.18. The van der Waals surface area contributed by atoms with E-state index >= 15 is 0 Å². The first-order valence-electron chi connectivity index (χ1n) is 7.33. The highest BCUT2D eigenvalue weighted by Crippen LogP contribution is 2.25. The lowest BCUT2D eigenvalue weighted by Crippen LogP contribution is -2.55. The highest BCUT2D eigenvalue weighted by atomic mass is 16.5. The van der Waals surface area contributed by atoms with E-state index in [1.54, 1.807) is 13.2 Å². The van der Waals surface area contributed by atoms with E-state index < -0.39 is 0 Å². The molecule has 3 atom stereocenters. The van der Waals surface area contributed by atoms with Crippen LogP contribution in [0.2, 0.25) is 0 Å². The van der Waals surface area contributed by atoms with Crippen LogP contribution in [0, 0.1) is 5.92 Å². The van der Waals surface area contributed by atoms with E-state index in [1.165, 1.54) is 6.26 Å². The number of hydrogen-bond donors (Lipinski definition) is 2. The second kappa shape index (κ2) is 6.33. The van der Waals surface area contributed by atoms with Crippen molar-refractivity contribution in [3.63, 3.8) is 0 Å². The molecule has 0 aliphatic carbocycles. The quantitative estimate of drug-likeness (QED) is 0.781. The predicted octanol–water partition coefficient (Wildman–Crippen LogP) is 0.480. The Morgan fingerprint density at radius 2 is 2.45 bits per heavy atom. The molecule has 0 spiro atoms. The van der Waals surface area contributed by atoms with E-state index in [1.807, 2.05) is 23.3 Å². The standard InChI is InChI=1S/C15H20N4O3/c1-21-10-3-6-19(14(16)8-10)13-2-5-17-9-11(13)15(20)12-4-7-22-18-12/h3-4,6-8,11,13-14,17H,2,5,9,16H2,1H3. The predicted molar refractivity (Wildman–Crippen MR) is 79.6 cm³/mol. The zero-order valence-corrected chi connectivity index (χ0v) is 12.4. The number of ketones is 1. The summed E-state index contributed by atoms with van der Waals surface area (Å²) >= 11 is 0. The zero-order chi connectivity index (χ0) is 15.5. The average Bonchev–Trinajstić information content (AvgIpc) is 3.08. The minimum absolute atomic E-state index is 0.0198. The zero-order valence-electron chi connectivity index (χ0n) is 12.4. The molecule has 0 saturated carbocycles. The highest BCUT2D eigenvalue weighted by molar-refractivity contribution is 5.96. The number of piperidine rings is 1. The summed E-state index contributed by atoms with van der Waals surface area (Å²) in [5, 5.41) is 7.03. The van der Waals surface area contributed by atoms with E-state index in [0.717, 1.165) is 18.7 Å². The summed E-state index contributed by atoms with van der Waals surface area (Å²) < 4.78 is 9.98. The molecule has 3 N–H and O–H groups in total. The van der Waals surface area contributed by atoms with Gasteiger partial charge < -0.3 is 25.2 Å². The molecule has 118 valence electrons. The Morgan fingerprint density at radius 3 is 3.14 bits per heavy atom. The Hall–Kier alpha value is -2.12. The van der Waals surface area contributed by atoms with Crippen molar-refractivity contribution in [2.45, 2.75) is 18.6 Å². The number of nitrogens with two attached hydrogens (primary N) is 1. The van der Waals surface area contributed by atoms with E-state index in [2.05, 4.69) is 10.5 Å². The fraction of sp³-hybridized carbons (Fsp3) is 0.467. The van der Waals surface area contributed by atoms with Gasteiger partial charge in [0.2, 0.25) is 0 Å². The molecular weight excluding hydrogens is 284 g/mol. The van der Waals surface area contributed by atoms with E-state index in [-0.39, 0.29) is 23.9 Å². The lowest BCUT2D eigenvalue weighted by Gasteiger charge is -2.42. The van der Waals surface area contributed by atoms with E-state index in [9.17, 15) is 4.79 Å². The first-order valence-corrected chi connectivity index (χ1v) is 7.33. The molecule has 3 heterocycles. The highest BCUT2D eigenvalue weighted by Gasteiger charge is 2.37. The molecule has 1 fully saturated rings. The Balaban J connectivity index is 1.80. The number of carbonyl (C=O) groups excluding carboxylic acids is 1. The molecule has 3 rings (SSSR count). The van der Waals surface area contributed by atoms with E-state index in [4.69, 9.17) is 15.0 Å². The Bertz CT molecular complexity index is 582. The SMILES string of the molecule is COC1=CC(N)N(C2CCNCC2C(=O)c2ccon2)C=C1. The summed E-state index contributed by atoms with van der Waals surface area (Å²) in [6.07, 6.45) is 7.56. The maximum Gasteiger partial charge on any atom is 0.191 e. The van der Waals surface area contributed by atoms with Gasteiger partial charge in [-0.15, -0.1) is 0 Å². The summed E-state index contributed by atoms with van der Waals surface area (Å²) in [5.41, 5.74) is 6.57. The third kappa shape index (κ3) is 2.77. The summed E-state index contributed by atoms with van der Waals surface area (Å²) in [4.78, 5) is 14.7. The number of hydrogen-bond acceptors (Lipinski definition) is 7. The number of rotatable bonds is 4.